The van der Waals surface area contributed by atoms with Gasteiger partial charge in [0.1, 0.15) is 0 Å². The Kier molecular flexibility index (Phi) is 6.35. The molecule has 10 heteroatoms. The first-order chi connectivity index (χ1) is 15.0. The van der Waals surface area contributed by atoms with Gasteiger partial charge in [0.25, 0.3) is 21.7 Å². The molecule has 0 saturated heterocycles. The number of anilines is 2. The van der Waals surface area contributed by atoms with Crippen molar-refractivity contribution >= 4 is 33.0 Å². The summed E-state index contributed by atoms with van der Waals surface area (Å²) in [4.78, 5) is 24.3. The fourth-order valence-electron chi connectivity index (χ4n) is 2.88. The highest BCUT2D eigenvalue weighted by molar-refractivity contribution is 7.92. The second kappa shape index (κ2) is 8.83. The second-order valence-corrected chi connectivity index (χ2v) is 8.69. The van der Waals surface area contributed by atoms with E-state index in [1.165, 1.54) is 18.2 Å². The topological polar surface area (TPSA) is 92.3 Å². The van der Waals surface area contributed by atoms with E-state index in [4.69, 9.17) is 0 Å². The zero-order valence-corrected chi connectivity index (χ0v) is 17.4. The monoisotopic (exact) mass is 462 g/mol. The summed E-state index contributed by atoms with van der Waals surface area (Å²) in [5, 5.41) is 5.01. The van der Waals surface area contributed by atoms with Crippen LogP contribution in [0.4, 0.5) is 24.5 Å². The number of carbonyl (C=O) groups excluding carboxylic acids is 2. The first kappa shape index (κ1) is 23.0. The number of amides is 2. The van der Waals surface area contributed by atoms with Crippen molar-refractivity contribution in [1.82, 2.24) is 0 Å². The fraction of sp³-hybridized carbons (Fsp3) is 0.0909. The molecule has 0 bridgehead atoms. The Balaban J connectivity index is 1.85. The molecule has 32 heavy (non-hydrogen) atoms. The fourth-order valence-corrected chi connectivity index (χ4v) is 3.69. The van der Waals surface area contributed by atoms with Crippen LogP contribution in [0.5, 0.6) is 0 Å². The third-order valence-electron chi connectivity index (χ3n) is 4.52. The number of para-hydroxylation sites is 1. The molecule has 3 aromatic carbocycles. The van der Waals surface area contributed by atoms with Crippen molar-refractivity contribution in [3.63, 3.8) is 0 Å². The minimum Gasteiger partial charge on any atom is -0.322 e. The van der Waals surface area contributed by atoms with E-state index in [9.17, 15) is 31.2 Å². The Morgan fingerprint density at radius 1 is 0.781 bits per heavy atom. The Morgan fingerprint density at radius 3 is 2.03 bits per heavy atom. The molecule has 2 N–H and O–H groups in total. The van der Waals surface area contributed by atoms with E-state index < -0.39 is 32.1 Å². The lowest BCUT2D eigenvalue weighted by Gasteiger charge is -2.13. The summed E-state index contributed by atoms with van der Waals surface area (Å²) < 4.78 is 61.6. The summed E-state index contributed by atoms with van der Waals surface area (Å²) in [5.74, 6) is -1.19. The molecule has 0 aromatic heterocycles. The molecule has 0 radical (unpaired) electrons. The van der Waals surface area contributed by atoms with E-state index >= 15 is 0 Å². The normalized spacial score (nSPS) is 11.6. The molecule has 0 aliphatic heterocycles. The van der Waals surface area contributed by atoms with Gasteiger partial charge < -0.3 is 10.6 Å². The number of rotatable bonds is 5. The van der Waals surface area contributed by atoms with E-state index in [-0.39, 0.29) is 16.9 Å². The lowest BCUT2D eigenvalue weighted by atomic mass is 10.1. The maximum Gasteiger partial charge on any atom is 0.501 e. The molecular formula is C22H17F3N2O4S. The van der Waals surface area contributed by atoms with Crippen LogP contribution >= 0.6 is 0 Å². The largest absolute Gasteiger partial charge is 0.501 e. The summed E-state index contributed by atoms with van der Waals surface area (Å²) >= 11 is 0. The molecule has 6 nitrogen and oxygen atoms in total. The van der Waals surface area contributed by atoms with Crippen molar-refractivity contribution in [3.05, 3.63) is 89.5 Å². The number of halogens is 3. The molecule has 0 fully saturated rings. The number of nitrogens with one attached hydrogen (secondary N) is 2. The molecule has 0 saturated carbocycles. The quantitative estimate of drug-likeness (QED) is 0.570. The van der Waals surface area contributed by atoms with Gasteiger partial charge in [-0.3, -0.25) is 9.59 Å². The van der Waals surface area contributed by atoms with Crippen molar-refractivity contribution in [2.45, 2.75) is 17.3 Å². The molecule has 0 heterocycles. The number of sulfone groups is 1. The standard InChI is InChI=1S/C22H17F3N2O4S/c1-14-7-2-3-10-17(14)20(28)27-19-12-5-4-11-18(19)21(29)26-15-8-6-9-16(13-15)32(30,31)22(23,24)25/h2-13H,1H3,(H,26,29)(H,27,28). The van der Waals surface area contributed by atoms with Crippen molar-refractivity contribution < 1.29 is 31.2 Å². The third kappa shape index (κ3) is 4.80. The average Bonchev–Trinajstić information content (AvgIpc) is 2.73. The van der Waals surface area contributed by atoms with Gasteiger partial charge in [0.05, 0.1) is 16.1 Å². The van der Waals surface area contributed by atoms with Gasteiger partial charge in [-0.1, -0.05) is 36.4 Å². The van der Waals surface area contributed by atoms with Crippen molar-refractivity contribution in [1.29, 1.82) is 0 Å². The average molecular weight is 462 g/mol. The molecule has 0 unspecified atom stereocenters. The molecule has 0 aliphatic rings. The highest BCUT2D eigenvalue weighted by Crippen LogP contribution is 2.31. The van der Waals surface area contributed by atoms with Crippen LogP contribution in [-0.2, 0) is 9.84 Å². The lowest BCUT2D eigenvalue weighted by Crippen LogP contribution is -2.23. The summed E-state index contributed by atoms with van der Waals surface area (Å²) in [7, 11) is -5.57. The third-order valence-corrected chi connectivity index (χ3v) is 6.00. The Hall–Kier alpha value is -3.66. The van der Waals surface area contributed by atoms with Gasteiger partial charge in [-0.15, -0.1) is 0 Å². The zero-order chi connectivity index (χ0) is 23.5. The molecule has 0 atom stereocenters. The lowest BCUT2D eigenvalue weighted by molar-refractivity contribution is -0.0436. The zero-order valence-electron chi connectivity index (χ0n) is 16.6. The molecule has 3 rings (SSSR count). The summed E-state index contributed by atoms with van der Waals surface area (Å²) in [5.41, 5.74) is -4.26. The number of carbonyl (C=O) groups is 2. The van der Waals surface area contributed by atoms with Gasteiger partial charge >= 0.3 is 5.51 Å². The van der Waals surface area contributed by atoms with Gasteiger partial charge in [0.2, 0.25) is 0 Å². The van der Waals surface area contributed by atoms with E-state index in [1.807, 2.05) is 0 Å². The summed E-state index contributed by atoms with van der Waals surface area (Å²) in [6, 6.07) is 16.8. The maximum absolute atomic E-state index is 12.8. The number of benzene rings is 3. The minimum atomic E-state index is -5.57. The smallest absolute Gasteiger partial charge is 0.322 e. The maximum atomic E-state index is 12.8. The molecule has 3 aromatic rings. The molecular weight excluding hydrogens is 445 g/mol. The van der Waals surface area contributed by atoms with E-state index in [0.29, 0.717) is 5.56 Å². The van der Waals surface area contributed by atoms with Crippen LogP contribution in [0.15, 0.2) is 77.7 Å². The van der Waals surface area contributed by atoms with Crippen molar-refractivity contribution in [3.8, 4) is 0 Å². The van der Waals surface area contributed by atoms with Gasteiger partial charge in [0, 0.05) is 11.3 Å². The summed E-state index contributed by atoms with van der Waals surface area (Å²) in [6.45, 7) is 1.76. The number of alkyl halides is 3. The highest BCUT2D eigenvalue weighted by atomic mass is 32.2. The van der Waals surface area contributed by atoms with E-state index in [2.05, 4.69) is 10.6 Å². The van der Waals surface area contributed by atoms with Crippen molar-refractivity contribution in [2.24, 2.45) is 0 Å². The predicted molar refractivity (Wildman–Crippen MR) is 113 cm³/mol. The predicted octanol–water partition coefficient (Wildman–Crippen LogP) is 4.79. The van der Waals surface area contributed by atoms with Crippen LogP contribution in [0.2, 0.25) is 0 Å². The van der Waals surface area contributed by atoms with Crippen LogP contribution in [0, 0.1) is 6.92 Å². The van der Waals surface area contributed by atoms with Crippen LogP contribution in [0.3, 0.4) is 0 Å². The van der Waals surface area contributed by atoms with Crippen LogP contribution in [0.25, 0.3) is 0 Å². The minimum absolute atomic E-state index is 0.0403. The van der Waals surface area contributed by atoms with Crippen molar-refractivity contribution in [2.75, 3.05) is 10.6 Å². The van der Waals surface area contributed by atoms with Gasteiger partial charge in [0.15, 0.2) is 0 Å². The molecule has 0 spiro atoms. The van der Waals surface area contributed by atoms with E-state index in [0.717, 1.165) is 23.8 Å². The number of hydrogen-bond acceptors (Lipinski definition) is 4. The van der Waals surface area contributed by atoms with Crippen LogP contribution in [0.1, 0.15) is 26.3 Å². The first-order valence-electron chi connectivity index (χ1n) is 9.19. The summed E-state index contributed by atoms with van der Waals surface area (Å²) in [6.07, 6.45) is 0. The molecule has 0 aliphatic carbocycles. The second-order valence-electron chi connectivity index (χ2n) is 6.75. The van der Waals surface area contributed by atoms with E-state index in [1.54, 1.807) is 43.3 Å². The van der Waals surface area contributed by atoms with Crippen LogP contribution in [-0.4, -0.2) is 25.7 Å². The Bertz CT molecular complexity index is 1290. The van der Waals surface area contributed by atoms with Crippen LogP contribution < -0.4 is 10.6 Å². The Labute approximate surface area is 182 Å². The Morgan fingerprint density at radius 2 is 1.38 bits per heavy atom. The number of aryl methyl sites for hydroxylation is 1. The molecule has 2 amide bonds. The number of hydrogen-bond donors (Lipinski definition) is 2. The highest BCUT2D eigenvalue weighted by Gasteiger charge is 2.46. The van der Waals surface area contributed by atoms with Gasteiger partial charge in [-0.2, -0.15) is 13.2 Å². The van der Waals surface area contributed by atoms with Gasteiger partial charge in [-0.25, -0.2) is 8.42 Å². The first-order valence-corrected chi connectivity index (χ1v) is 10.7. The SMILES string of the molecule is Cc1ccccc1C(=O)Nc1ccccc1C(=O)Nc1cccc(S(=O)(=O)C(F)(F)F)c1. The van der Waals surface area contributed by atoms with Gasteiger partial charge in [-0.05, 0) is 48.9 Å². The molecule has 166 valence electrons.